The minimum absolute atomic E-state index is 0.209. The fraction of sp³-hybridized carbons (Fsp3) is 0.536. The van der Waals surface area contributed by atoms with Crippen LogP contribution in [0.1, 0.15) is 91.3 Å². The van der Waals surface area contributed by atoms with Crippen molar-refractivity contribution in [2.45, 2.75) is 92.0 Å². The normalized spacial score (nSPS) is 12.1. The summed E-state index contributed by atoms with van der Waals surface area (Å²) in [4.78, 5) is 22.7. The Morgan fingerprint density at radius 1 is 0.941 bits per heavy atom. The highest BCUT2D eigenvalue weighted by Gasteiger charge is 2.24. The number of unbranched alkanes of at least 4 members (excludes halogenated alkanes) is 6. The Balaban J connectivity index is 1.78. The summed E-state index contributed by atoms with van der Waals surface area (Å²) >= 11 is 0. The second kappa shape index (κ2) is 10.6. The van der Waals surface area contributed by atoms with Crippen LogP contribution in [0.4, 0.5) is 0 Å². The molecule has 0 saturated heterocycles. The Hall–Kier alpha value is -2.89. The van der Waals surface area contributed by atoms with Gasteiger partial charge in [0.1, 0.15) is 16.9 Å². The van der Waals surface area contributed by atoms with Crippen molar-refractivity contribution in [1.29, 1.82) is 0 Å². The third-order valence-electron chi connectivity index (χ3n) is 6.45. The van der Waals surface area contributed by atoms with Gasteiger partial charge in [-0.1, -0.05) is 85.3 Å². The van der Waals surface area contributed by atoms with Crippen molar-refractivity contribution in [3.63, 3.8) is 0 Å². The van der Waals surface area contributed by atoms with E-state index in [-0.39, 0.29) is 17.8 Å². The van der Waals surface area contributed by atoms with E-state index in [1.807, 2.05) is 38.2 Å². The molecule has 0 aliphatic heterocycles. The van der Waals surface area contributed by atoms with Crippen molar-refractivity contribution < 1.29 is 9.53 Å². The number of esters is 1. The molecule has 182 valence electrons. The molecule has 6 nitrogen and oxygen atoms in total. The molecule has 0 atom stereocenters. The maximum atomic E-state index is 12.6. The molecule has 3 heterocycles. The van der Waals surface area contributed by atoms with Gasteiger partial charge in [0.2, 0.25) is 0 Å². The second-order valence-electron chi connectivity index (χ2n) is 9.97. The van der Waals surface area contributed by atoms with Gasteiger partial charge in [0.15, 0.2) is 11.4 Å². The van der Waals surface area contributed by atoms with Crippen LogP contribution in [0.5, 0.6) is 5.75 Å². The third kappa shape index (κ3) is 4.82. The first-order valence-corrected chi connectivity index (χ1v) is 12.9. The van der Waals surface area contributed by atoms with Crippen LogP contribution < -0.4 is 4.74 Å². The summed E-state index contributed by atoms with van der Waals surface area (Å²) in [5, 5.41) is 0.817. The number of para-hydroxylation sites is 2. The molecule has 0 unspecified atom stereocenters. The van der Waals surface area contributed by atoms with Crippen LogP contribution in [0.3, 0.4) is 0 Å². The Morgan fingerprint density at radius 3 is 2.35 bits per heavy atom. The molecule has 4 aromatic rings. The molecule has 0 radical (unpaired) electrons. The van der Waals surface area contributed by atoms with Gasteiger partial charge in [0.05, 0.1) is 17.0 Å². The summed E-state index contributed by atoms with van der Waals surface area (Å²) in [6.45, 7) is 11.1. The number of rotatable bonds is 11. The topological polar surface area (TPSA) is 61.4 Å². The maximum absolute atomic E-state index is 12.6. The Bertz CT molecular complexity index is 1280. The van der Waals surface area contributed by atoms with Crippen LogP contribution in [0.2, 0.25) is 0 Å². The number of aryl methyl sites for hydroxylation is 1. The van der Waals surface area contributed by atoms with Crippen molar-refractivity contribution in [1.82, 2.24) is 18.9 Å². The van der Waals surface area contributed by atoms with E-state index in [0.717, 1.165) is 46.5 Å². The fourth-order valence-electron chi connectivity index (χ4n) is 4.54. The zero-order valence-electron chi connectivity index (χ0n) is 21.3. The highest BCUT2D eigenvalue weighted by molar-refractivity contribution is 6.01. The van der Waals surface area contributed by atoms with Crippen molar-refractivity contribution in [3.05, 3.63) is 36.3 Å². The van der Waals surface area contributed by atoms with Gasteiger partial charge < -0.3 is 9.30 Å². The molecule has 0 saturated carbocycles. The molecule has 0 aliphatic carbocycles. The number of carbonyl (C=O) groups is 1. The molecule has 6 heteroatoms. The quantitative estimate of drug-likeness (QED) is 0.174. The largest absolute Gasteiger partial charge is 0.424 e. The van der Waals surface area contributed by atoms with Crippen LogP contribution in [0.15, 0.2) is 30.5 Å². The van der Waals surface area contributed by atoms with E-state index in [1.165, 1.54) is 38.5 Å². The third-order valence-corrected chi connectivity index (χ3v) is 6.45. The van der Waals surface area contributed by atoms with E-state index in [4.69, 9.17) is 14.7 Å². The molecule has 0 fully saturated rings. The van der Waals surface area contributed by atoms with Crippen LogP contribution in [-0.2, 0) is 11.3 Å². The Morgan fingerprint density at radius 2 is 1.65 bits per heavy atom. The highest BCUT2D eigenvalue weighted by Crippen LogP contribution is 2.35. The number of aromatic nitrogens is 4. The number of ether oxygens (including phenoxy) is 1. The zero-order chi connectivity index (χ0) is 24.2. The molecule has 0 spiro atoms. The molecule has 3 aromatic heterocycles. The van der Waals surface area contributed by atoms with Crippen LogP contribution in [-0.4, -0.2) is 24.9 Å². The minimum atomic E-state index is -0.239. The van der Waals surface area contributed by atoms with E-state index in [9.17, 15) is 4.79 Å². The van der Waals surface area contributed by atoms with E-state index >= 15 is 0 Å². The lowest BCUT2D eigenvalue weighted by atomic mass is 10.1. The van der Waals surface area contributed by atoms with Gasteiger partial charge in [-0.25, -0.2) is 9.97 Å². The summed E-state index contributed by atoms with van der Waals surface area (Å²) in [7, 11) is 0. The van der Waals surface area contributed by atoms with Gasteiger partial charge in [0.25, 0.3) is 0 Å². The molecular weight excluding hydrogens is 424 g/mol. The summed E-state index contributed by atoms with van der Waals surface area (Å²) < 4.78 is 10.2. The lowest BCUT2D eigenvalue weighted by molar-refractivity contribution is -0.137. The number of benzene rings is 1. The van der Waals surface area contributed by atoms with Gasteiger partial charge in [-0.05, 0) is 18.6 Å². The van der Waals surface area contributed by atoms with Gasteiger partial charge in [-0.3, -0.25) is 9.20 Å². The van der Waals surface area contributed by atoms with Gasteiger partial charge in [0, 0.05) is 18.7 Å². The van der Waals surface area contributed by atoms with E-state index in [1.54, 1.807) is 0 Å². The zero-order valence-corrected chi connectivity index (χ0v) is 21.3. The highest BCUT2D eigenvalue weighted by atomic mass is 16.5. The van der Waals surface area contributed by atoms with Crippen LogP contribution >= 0.6 is 0 Å². The Kier molecular flexibility index (Phi) is 7.54. The van der Waals surface area contributed by atoms with Gasteiger partial charge in [-0.15, -0.1) is 0 Å². The SMILES string of the molecule is CCCCCCCCCn1cc(OC(=O)C(C)C)c2c1nc(C(C)C)n1c3ccccc3nc21. The maximum Gasteiger partial charge on any atom is 0.313 e. The van der Waals surface area contributed by atoms with E-state index < -0.39 is 0 Å². The number of hydrogen-bond donors (Lipinski definition) is 0. The van der Waals surface area contributed by atoms with Crippen molar-refractivity contribution in [2.24, 2.45) is 5.92 Å². The second-order valence-corrected chi connectivity index (χ2v) is 9.97. The molecule has 0 N–H and O–H groups in total. The summed E-state index contributed by atoms with van der Waals surface area (Å²) in [6, 6.07) is 8.12. The number of hydrogen-bond acceptors (Lipinski definition) is 4. The molecular formula is C28H38N4O2. The number of imidazole rings is 1. The first-order chi connectivity index (χ1) is 16.4. The number of fused-ring (bicyclic) bond motifs is 5. The summed E-state index contributed by atoms with van der Waals surface area (Å²) in [5.74, 6) is 1.29. The smallest absolute Gasteiger partial charge is 0.313 e. The predicted molar refractivity (Wildman–Crippen MR) is 139 cm³/mol. The number of nitrogens with zero attached hydrogens (tertiary/aromatic N) is 4. The molecule has 4 rings (SSSR count). The fourth-order valence-corrected chi connectivity index (χ4v) is 4.54. The van der Waals surface area contributed by atoms with Gasteiger partial charge in [-0.2, -0.15) is 0 Å². The lowest BCUT2D eigenvalue weighted by Gasteiger charge is -2.12. The van der Waals surface area contributed by atoms with E-state index in [2.05, 4.69) is 35.8 Å². The van der Waals surface area contributed by atoms with Crippen LogP contribution in [0.25, 0.3) is 27.7 Å². The first kappa shape index (κ1) is 24.2. The summed E-state index contributed by atoms with van der Waals surface area (Å²) in [5.41, 5.74) is 3.60. The number of carbonyl (C=O) groups excluding carboxylic acids is 1. The average Bonchev–Trinajstić information content (AvgIpc) is 3.36. The minimum Gasteiger partial charge on any atom is -0.424 e. The van der Waals surface area contributed by atoms with Crippen molar-refractivity contribution >= 4 is 33.7 Å². The van der Waals surface area contributed by atoms with Gasteiger partial charge >= 0.3 is 5.97 Å². The Labute approximate surface area is 202 Å². The lowest BCUT2D eigenvalue weighted by Crippen LogP contribution is -2.14. The molecule has 34 heavy (non-hydrogen) atoms. The summed E-state index contributed by atoms with van der Waals surface area (Å²) in [6.07, 6.45) is 10.7. The molecule has 0 bridgehead atoms. The molecule has 0 aliphatic rings. The average molecular weight is 463 g/mol. The van der Waals surface area contributed by atoms with E-state index in [0.29, 0.717) is 5.75 Å². The van der Waals surface area contributed by atoms with Crippen LogP contribution in [0, 0.1) is 5.92 Å². The van der Waals surface area contributed by atoms with Crippen molar-refractivity contribution in [2.75, 3.05) is 0 Å². The molecule has 0 amide bonds. The predicted octanol–water partition coefficient (Wildman–Crippen LogP) is 7.27. The molecule has 1 aromatic carbocycles. The standard InChI is InChI=1S/C28H38N4O2/c1-6-7-8-9-10-11-14-17-31-18-23(34-28(33)20(4)5)24-26(31)30-25(19(2)3)32-22-16-13-12-15-21(22)29-27(24)32/h12-13,15-16,18-20H,6-11,14,17H2,1-5H3. The van der Waals surface area contributed by atoms with Crippen molar-refractivity contribution in [3.8, 4) is 5.75 Å². The monoisotopic (exact) mass is 462 g/mol. The first-order valence-electron chi connectivity index (χ1n) is 12.9.